The maximum Gasteiger partial charge on any atom is 0.475 e. The van der Waals surface area contributed by atoms with E-state index in [0.717, 1.165) is 23.2 Å². The highest BCUT2D eigenvalue weighted by atomic mass is 32.2. The lowest BCUT2D eigenvalue weighted by molar-refractivity contribution is -0.388. The fraction of sp³-hybridized carbons (Fsp3) is 0.0625. The Bertz CT molecular complexity index is 1020. The first kappa shape index (κ1) is 18.3. The Hall–Kier alpha value is -2.46. The Kier molecular flexibility index (Phi) is 4.97. The maximum atomic E-state index is 12.6. The van der Waals surface area contributed by atoms with Gasteiger partial charge in [0.25, 0.3) is 5.69 Å². The van der Waals surface area contributed by atoms with Crippen LogP contribution >= 0.6 is 11.8 Å². The molecule has 0 spiro atoms. The quantitative estimate of drug-likeness (QED) is 0.461. The van der Waals surface area contributed by atoms with Gasteiger partial charge in [0.2, 0.25) is 0 Å². The normalized spacial score (nSPS) is 12.9. The first-order valence-corrected chi connectivity index (χ1v) is 9.02. The monoisotopic (exact) mass is 398 g/mol. The molecule has 0 aliphatic heterocycles. The third-order valence-corrected chi connectivity index (χ3v) is 5.58. The van der Waals surface area contributed by atoms with E-state index in [2.05, 4.69) is 4.98 Å². The van der Waals surface area contributed by atoms with Crippen molar-refractivity contribution in [1.82, 2.24) is 4.98 Å². The van der Waals surface area contributed by atoms with E-state index in [1.807, 2.05) is 12.1 Å². The number of fused-ring (bicyclic) bond motifs is 1. The number of benzene rings is 2. The van der Waals surface area contributed by atoms with Crippen LogP contribution in [-0.4, -0.2) is 19.6 Å². The van der Waals surface area contributed by atoms with Gasteiger partial charge in [0.05, 0.1) is 20.2 Å². The van der Waals surface area contributed by atoms with Gasteiger partial charge in [0.1, 0.15) is 0 Å². The van der Waals surface area contributed by atoms with Crippen molar-refractivity contribution in [1.29, 1.82) is 0 Å². The number of nitrogens with zero attached hydrogens (tertiary/aromatic N) is 2. The molecule has 134 valence electrons. The fourth-order valence-electron chi connectivity index (χ4n) is 2.25. The van der Waals surface area contributed by atoms with E-state index in [4.69, 9.17) is 0 Å². The molecule has 3 aromatic rings. The molecule has 26 heavy (non-hydrogen) atoms. The van der Waals surface area contributed by atoms with Gasteiger partial charge < -0.3 is 0 Å². The minimum absolute atomic E-state index is 0.135. The third-order valence-electron chi connectivity index (χ3n) is 3.37. The summed E-state index contributed by atoms with van der Waals surface area (Å²) >= 11 is 1.02. The van der Waals surface area contributed by atoms with Gasteiger partial charge >= 0.3 is 5.51 Å². The van der Waals surface area contributed by atoms with Crippen molar-refractivity contribution in [2.75, 3.05) is 0 Å². The molecule has 1 atom stereocenters. The second-order valence-electron chi connectivity index (χ2n) is 5.03. The highest BCUT2D eigenvalue weighted by molar-refractivity contribution is 7.99. The van der Waals surface area contributed by atoms with E-state index < -0.39 is 31.8 Å². The Morgan fingerprint density at radius 2 is 1.81 bits per heavy atom. The molecule has 2 aromatic carbocycles. The van der Waals surface area contributed by atoms with Gasteiger partial charge in [-0.1, -0.05) is 30.0 Å². The van der Waals surface area contributed by atoms with Crippen LogP contribution in [0, 0.1) is 10.1 Å². The average molecular weight is 398 g/mol. The number of nitro groups is 1. The van der Waals surface area contributed by atoms with Crippen molar-refractivity contribution in [3.05, 3.63) is 64.8 Å². The zero-order valence-corrected chi connectivity index (χ0v) is 14.4. The number of alkyl halides is 3. The predicted molar refractivity (Wildman–Crippen MR) is 91.4 cm³/mol. The molecule has 0 amide bonds. The van der Waals surface area contributed by atoms with Crippen LogP contribution in [0.5, 0.6) is 0 Å². The summed E-state index contributed by atoms with van der Waals surface area (Å²) in [6, 6.07) is 11.7. The number of hydrogen-bond donors (Lipinski definition) is 0. The number of hydrogen-bond acceptors (Lipinski definition) is 5. The van der Waals surface area contributed by atoms with Crippen LogP contribution in [0.3, 0.4) is 0 Å². The summed E-state index contributed by atoms with van der Waals surface area (Å²) in [5.74, 6) is 0. The first-order chi connectivity index (χ1) is 12.3. The van der Waals surface area contributed by atoms with Crippen molar-refractivity contribution in [3.63, 3.8) is 0 Å². The van der Waals surface area contributed by atoms with E-state index in [0.29, 0.717) is 16.5 Å². The SMILES string of the molecule is O=[N+]([O-])c1cc(S(=O)C(F)(F)F)ccc1Sc1cccc2cccnc12. The molecule has 0 aliphatic carbocycles. The summed E-state index contributed by atoms with van der Waals surface area (Å²) in [5.41, 5.74) is -4.91. The molecule has 0 N–H and O–H groups in total. The molecule has 0 fully saturated rings. The van der Waals surface area contributed by atoms with Gasteiger partial charge in [-0.05, 0) is 24.3 Å². The number of halogens is 3. The van der Waals surface area contributed by atoms with Gasteiger partial charge in [0, 0.05) is 22.5 Å². The zero-order valence-electron chi connectivity index (χ0n) is 12.8. The van der Waals surface area contributed by atoms with Crippen LogP contribution in [0.2, 0.25) is 0 Å². The summed E-state index contributed by atoms with van der Waals surface area (Å²) in [7, 11) is -3.33. The van der Waals surface area contributed by atoms with E-state index >= 15 is 0 Å². The Labute approximate surface area is 151 Å². The van der Waals surface area contributed by atoms with Gasteiger partial charge in [-0.3, -0.25) is 15.1 Å². The number of rotatable bonds is 4. The highest BCUT2D eigenvalue weighted by Crippen LogP contribution is 2.39. The van der Waals surface area contributed by atoms with Gasteiger partial charge in [-0.2, -0.15) is 13.2 Å². The number of pyridine rings is 1. The second kappa shape index (κ2) is 7.04. The zero-order chi connectivity index (χ0) is 18.9. The lowest BCUT2D eigenvalue weighted by Crippen LogP contribution is -2.16. The molecule has 0 saturated heterocycles. The van der Waals surface area contributed by atoms with Gasteiger partial charge in [0.15, 0.2) is 10.8 Å². The molecular weight excluding hydrogens is 389 g/mol. The van der Waals surface area contributed by atoms with Crippen LogP contribution in [0.1, 0.15) is 0 Å². The van der Waals surface area contributed by atoms with Crippen molar-refractivity contribution in [3.8, 4) is 0 Å². The van der Waals surface area contributed by atoms with E-state index in [-0.39, 0.29) is 4.90 Å². The predicted octanol–water partition coefficient (Wildman–Crippen LogP) is 4.92. The molecule has 0 saturated carbocycles. The molecule has 0 radical (unpaired) electrons. The number of nitro benzene ring substituents is 1. The molecule has 10 heteroatoms. The molecule has 1 aromatic heterocycles. The smallest absolute Gasteiger partial charge is 0.258 e. The summed E-state index contributed by atoms with van der Waals surface area (Å²) < 4.78 is 49.3. The van der Waals surface area contributed by atoms with Crippen LogP contribution in [0.25, 0.3) is 10.9 Å². The number of para-hydroxylation sites is 1. The van der Waals surface area contributed by atoms with E-state index in [1.165, 1.54) is 6.07 Å². The highest BCUT2D eigenvalue weighted by Gasteiger charge is 2.38. The lowest BCUT2D eigenvalue weighted by atomic mass is 10.2. The van der Waals surface area contributed by atoms with Crippen LogP contribution in [0.4, 0.5) is 18.9 Å². The van der Waals surface area contributed by atoms with E-state index in [9.17, 15) is 27.5 Å². The molecule has 1 unspecified atom stereocenters. The van der Waals surface area contributed by atoms with Crippen molar-refractivity contribution in [2.24, 2.45) is 0 Å². The molecule has 3 rings (SSSR count). The Balaban J connectivity index is 2.05. The maximum absolute atomic E-state index is 12.6. The Morgan fingerprint density at radius 3 is 2.50 bits per heavy atom. The molecule has 1 heterocycles. The molecule has 5 nitrogen and oxygen atoms in total. The van der Waals surface area contributed by atoms with E-state index in [1.54, 1.807) is 24.4 Å². The summed E-state index contributed by atoms with van der Waals surface area (Å²) in [6.45, 7) is 0. The molecular formula is C16H9F3N2O3S2. The summed E-state index contributed by atoms with van der Waals surface area (Å²) in [6.07, 6.45) is 1.58. The van der Waals surface area contributed by atoms with Gasteiger partial charge in [-0.15, -0.1) is 0 Å². The lowest BCUT2D eigenvalue weighted by Gasteiger charge is -2.09. The van der Waals surface area contributed by atoms with Crippen molar-refractivity contribution >= 4 is 39.2 Å². The van der Waals surface area contributed by atoms with Crippen LogP contribution < -0.4 is 0 Å². The van der Waals surface area contributed by atoms with Crippen LogP contribution in [0.15, 0.2) is 69.4 Å². The van der Waals surface area contributed by atoms with Crippen molar-refractivity contribution in [2.45, 2.75) is 20.2 Å². The molecule has 0 bridgehead atoms. The number of aromatic nitrogens is 1. The third kappa shape index (κ3) is 3.70. The fourth-order valence-corrected chi connectivity index (χ4v) is 3.95. The summed E-state index contributed by atoms with van der Waals surface area (Å²) in [4.78, 5) is 14.8. The molecule has 0 aliphatic rings. The minimum atomic E-state index is -4.98. The second-order valence-corrected chi connectivity index (χ2v) is 7.59. The minimum Gasteiger partial charge on any atom is -0.258 e. The van der Waals surface area contributed by atoms with Crippen molar-refractivity contribution < 1.29 is 22.3 Å². The topological polar surface area (TPSA) is 73.1 Å². The van der Waals surface area contributed by atoms with Crippen LogP contribution in [-0.2, 0) is 10.8 Å². The first-order valence-electron chi connectivity index (χ1n) is 7.06. The van der Waals surface area contributed by atoms with Gasteiger partial charge in [-0.25, -0.2) is 4.21 Å². The standard InChI is InChI=1S/C16H9F3N2O3S2/c17-16(18,19)26(24)11-6-7-13(12(9-11)21(22)23)25-14-5-1-3-10-4-2-8-20-15(10)14/h1-9H. The summed E-state index contributed by atoms with van der Waals surface area (Å²) in [5, 5.41) is 12.1. The largest absolute Gasteiger partial charge is 0.475 e. The Morgan fingerprint density at radius 1 is 1.08 bits per heavy atom. The average Bonchev–Trinajstić information content (AvgIpc) is 2.61.